The van der Waals surface area contributed by atoms with Gasteiger partial charge in [-0.05, 0) is 0 Å². The summed E-state index contributed by atoms with van der Waals surface area (Å²) in [5, 5.41) is 22.4. The Labute approximate surface area is 104 Å². The van der Waals surface area contributed by atoms with Gasteiger partial charge in [0.2, 0.25) is 0 Å². The fraction of sp³-hybridized carbons (Fsp3) is 0.500. The average Bonchev–Trinajstić information content (AvgIpc) is 2.72. The van der Waals surface area contributed by atoms with Crippen molar-refractivity contribution in [3.8, 4) is 0 Å². The van der Waals surface area contributed by atoms with Gasteiger partial charge in [0, 0.05) is 32.4 Å². The van der Waals surface area contributed by atoms with Crippen LogP contribution in [0, 0.1) is 0 Å². The number of carboxylic acid groups (broad SMARTS) is 1. The number of amides is 2. The Hall–Kier alpha value is -2.09. The monoisotopic (exact) mass is 256 g/mol. The second-order valence-corrected chi connectivity index (χ2v) is 3.71. The van der Waals surface area contributed by atoms with Crippen LogP contribution in [0.3, 0.4) is 0 Å². The van der Waals surface area contributed by atoms with Crippen LogP contribution in [0.1, 0.15) is 12.2 Å². The van der Waals surface area contributed by atoms with Gasteiger partial charge in [0.05, 0.1) is 6.54 Å². The standard InChI is InChI=1S/C10H16N4O4/c1-14-5-4-11-8(14)6-13-10(18)12-3-2-7(15)9(16)17/h4-5,7,15H,2-3,6H2,1H3,(H,16,17)(H2,12,13,18)/t7-/m0/s1. The molecular formula is C10H16N4O4. The van der Waals surface area contributed by atoms with E-state index in [-0.39, 0.29) is 19.5 Å². The molecule has 1 rings (SSSR count). The molecule has 0 aliphatic rings. The SMILES string of the molecule is Cn1ccnc1CNC(=O)NCC[C@H](O)C(=O)O. The number of nitrogens with one attached hydrogen (secondary N) is 2. The summed E-state index contributed by atoms with van der Waals surface area (Å²) in [5.74, 6) is -0.596. The third-order valence-electron chi connectivity index (χ3n) is 2.32. The molecule has 0 unspecified atom stereocenters. The number of urea groups is 1. The number of aromatic nitrogens is 2. The van der Waals surface area contributed by atoms with Crippen LogP contribution >= 0.6 is 0 Å². The van der Waals surface area contributed by atoms with Crippen molar-refractivity contribution < 1.29 is 19.8 Å². The van der Waals surface area contributed by atoms with E-state index >= 15 is 0 Å². The number of hydrogen-bond donors (Lipinski definition) is 4. The van der Waals surface area contributed by atoms with Crippen LogP contribution in [0.5, 0.6) is 0 Å². The van der Waals surface area contributed by atoms with E-state index in [0.717, 1.165) is 0 Å². The number of aryl methyl sites for hydroxylation is 1. The van der Waals surface area contributed by atoms with Crippen LogP contribution in [-0.2, 0) is 18.4 Å². The van der Waals surface area contributed by atoms with E-state index < -0.39 is 18.1 Å². The molecule has 0 spiro atoms. The van der Waals surface area contributed by atoms with Gasteiger partial charge in [-0.3, -0.25) is 0 Å². The van der Waals surface area contributed by atoms with Crippen molar-refractivity contribution >= 4 is 12.0 Å². The van der Waals surface area contributed by atoms with Gasteiger partial charge >= 0.3 is 12.0 Å². The molecular weight excluding hydrogens is 240 g/mol. The van der Waals surface area contributed by atoms with Crippen LogP contribution in [0.15, 0.2) is 12.4 Å². The zero-order chi connectivity index (χ0) is 13.5. The third kappa shape index (κ3) is 4.42. The zero-order valence-electron chi connectivity index (χ0n) is 9.96. The van der Waals surface area contributed by atoms with E-state index in [1.54, 1.807) is 17.0 Å². The Morgan fingerprint density at radius 1 is 1.50 bits per heavy atom. The van der Waals surface area contributed by atoms with Crippen LogP contribution in [0.25, 0.3) is 0 Å². The molecule has 0 aromatic carbocycles. The molecule has 0 saturated heterocycles. The summed E-state index contributed by atoms with van der Waals surface area (Å²) in [6.07, 6.45) is 1.89. The number of nitrogens with zero attached hydrogens (tertiary/aromatic N) is 2. The lowest BCUT2D eigenvalue weighted by Crippen LogP contribution is -2.37. The lowest BCUT2D eigenvalue weighted by molar-refractivity contribution is -0.146. The molecule has 0 fully saturated rings. The molecule has 0 aliphatic carbocycles. The van der Waals surface area contributed by atoms with Gasteiger partial charge < -0.3 is 25.4 Å². The first kappa shape index (κ1) is 14.0. The zero-order valence-corrected chi connectivity index (χ0v) is 9.96. The van der Waals surface area contributed by atoms with Crippen molar-refractivity contribution in [1.29, 1.82) is 0 Å². The summed E-state index contributed by atoms with van der Waals surface area (Å²) in [5.41, 5.74) is 0. The second-order valence-electron chi connectivity index (χ2n) is 3.71. The number of aliphatic hydroxyl groups is 1. The number of aliphatic carboxylic acids is 1. The Bertz CT molecular complexity index is 418. The minimum Gasteiger partial charge on any atom is -0.479 e. The number of aliphatic hydroxyl groups excluding tert-OH is 1. The molecule has 0 aliphatic heterocycles. The van der Waals surface area contributed by atoms with E-state index in [0.29, 0.717) is 5.82 Å². The summed E-state index contributed by atoms with van der Waals surface area (Å²) in [6, 6.07) is -0.435. The molecule has 18 heavy (non-hydrogen) atoms. The first-order valence-electron chi connectivity index (χ1n) is 5.39. The van der Waals surface area contributed by atoms with Crippen molar-refractivity contribution in [1.82, 2.24) is 20.2 Å². The lowest BCUT2D eigenvalue weighted by atomic mass is 10.2. The molecule has 1 aromatic heterocycles. The first-order valence-corrected chi connectivity index (χ1v) is 5.39. The van der Waals surface area contributed by atoms with Gasteiger partial charge in [0.25, 0.3) is 0 Å². The number of hydrogen-bond acceptors (Lipinski definition) is 4. The molecule has 1 atom stereocenters. The van der Waals surface area contributed by atoms with Crippen molar-refractivity contribution in [2.24, 2.45) is 7.05 Å². The number of imidazole rings is 1. The smallest absolute Gasteiger partial charge is 0.332 e. The van der Waals surface area contributed by atoms with E-state index in [9.17, 15) is 9.59 Å². The Morgan fingerprint density at radius 2 is 2.22 bits per heavy atom. The Morgan fingerprint density at radius 3 is 2.78 bits per heavy atom. The summed E-state index contributed by atoms with van der Waals surface area (Å²) in [7, 11) is 1.81. The summed E-state index contributed by atoms with van der Waals surface area (Å²) in [6.45, 7) is 0.358. The number of carboxylic acids is 1. The topological polar surface area (TPSA) is 116 Å². The first-order chi connectivity index (χ1) is 8.50. The number of carbonyl (C=O) groups excluding carboxylic acids is 1. The largest absolute Gasteiger partial charge is 0.479 e. The molecule has 1 heterocycles. The van der Waals surface area contributed by atoms with Gasteiger partial charge in [0.1, 0.15) is 5.82 Å². The average molecular weight is 256 g/mol. The molecule has 8 nitrogen and oxygen atoms in total. The molecule has 0 radical (unpaired) electrons. The maximum atomic E-state index is 11.3. The molecule has 4 N–H and O–H groups in total. The Kier molecular flexibility index (Phi) is 5.12. The lowest BCUT2D eigenvalue weighted by Gasteiger charge is -2.08. The number of carbonyl (C=O) groups is 2. The highest BCUT2D eigenvalue weighted by molar-refractivity contribution is 5.74. The van der Waals surface area contributed by atoms with Gasteiger partial charge in [0.15, 0.2) is 6.10 Å². The molecule has 1 aromatic rings. The highest BCUT2D eigenvalue weighted by atomic mass is 16.4. The van der Waals surface area contributed by atoms with Crippen molar-refractivity contribution in [3.05, 3.63) is 18.2 Å². The maximum absolute atomic E-state index is 11.3. The van der Waals surface area contributed by atoms with Crippen LogP contribution in [0.2, 0.25) is 0 Å². The fourth-order valence-electron chi connectivity index (χ4n) is 1.23. The second kappa shape index (κ2) is 6.60. The highest BCUT2D eigenvalue weighted by Crippen LogP contribution is 1.93. The van der Waals surface area contributed by atoms with Crippen LogP contribution in [0.4, 0.5) is 4.79 Å². The normalized spacial score (nSPS) is 11.9. The van der Waals surface area contributed by atoms with Crippen LogP contribution < -0.4 is 10.6 Å². The van der Waals surface area contributed by atoms with Gasteiger partial charge in [-0.1, -0.05) is 0 Å². The minimum absolute atomic E-state index is 0.0365. The van der Waals surface area contributed by atoms with E-state index in [1.807, 2.05) is 7.05 Å². The summed E-state index contributed by atoms with van der Waals surface area (Å²) >= 11 is 0. The van der Waals surface area contributed by atoms with Gasteiger partial charge in [-0.15, -0.1) is 0 Å². The van der Waals surface area contributed by atoms with E-state index in [4.69, 9.17) is 10.2 Å². The predicted molar refractivity (Wildman–Crippen MR) is 61.7 cm³/mol. The molecule has 0 saturated carbocycles. The minimum atomic E-state index is -1.46. The molecule has 2 amide bonds. The molecule has 8 heteroatoms. The van der Waals surface area contributed by atoms with Crippen molar-refractivity contribution in [3.63, 3.8) is 0 Å². The molecule has 100 valence electrons. The number of rotatable bonds is 6. The van der Waals surface area contributed by atoms with Gasteiger partial charge in [-0.2, -0.15) is 0 Å². The molecule has 0 bridgehead atoms. The van der Waals surface area contributed by atoms with E-state index in [2.05, 4.69) is 15.6 Å². The Balaban J connectivity index is 2.19. The van der Waals surface area contributed by atoms with Crippen molar-refractivity contribution in [2.45, 2.75) is 19.1 Å². The van der Waals surface area contributed by atoms with Crippen molar-refractivity contribution in [2.75, 3.05) is 6.54 Å². The fourth-order valence-corrected chi connectivity index (χ4v) is 1.23. The summed E-state index contributed by atoms with van der Waals surface area (Å²) < 4.78 is 1.77. The quantitative estimate of drug-likeness (QED) is 0.524. The van der Waals surface area contributed by atoms with Gasteiger partial charge in [-0.25, -0.2) is 14.6 Å². The highest BCUT2D eigenvalue weighted by Gasteiger charge is 2.12. The predicted octanol–water partition coefficient (Wildman–Crippen LogP) is -0.945. The van der Waals surface area contributed by atoms with E-state index in [1.165, 1.54) is 0 Å². The maximum Gasteiger partial charge on any atom is 0.332 e. The third-order valence-corrected chi connectivity index (χ3v) is 2.32. The van der Waals surface area contributed by atoms with Crippen LogP contribution in [-0.4, -0.2) is 44.4 Å². The summed E-state index contributed by atoms with van der Waals surface area (Å²) in [4.78, 5) is 25.6.